The maximum absolute atomic E-state index is 12.5. The van der Waals surface area contributed by atoms with Gasteiger partial charge in [-0.15, -0.1) is 0 Å². The smallest absolute Gasteiger partial charge is 0.341 e. The van der Waals surface area contributed by atoms with Crippen molar-refractivity contribution in [3.63, 3.8) is 0 Å². The number of carbonyl (C=O) groups is 2. The van der Waals surface area contributed by atoms with Crippen molar-refractivity contribution in [2.45, 2.75) is 13.3 Å². The van der Waals surface area contributed by atoms with Gasteiger partial charge in [0.05, 0.1) is 32.4 Å². The van der Waals surface area contributed by atoms with Gasteiger partial charge in [0.2, 0.25) is 0 Å². The third kappa shape index (κ3) is 3.47. The number of pyridine rings is 1. The van der Waals surface area contributed by atoms with Crippen molar-refractivity contribution < 1.29 is 28.9 Å². The van der Waals surface area contributed by atoms with Crippen LogP contribution in [0, 0.1) is 5.92 Å². The van der Waals surface area contributed by atoms with E-state index >= 15 is 0 Å². The number of ether oxygens (including phenoxy) is 3. The van der Waals surface area contributed by atoms with E-state index in [-0.39, 0.29) is 6.61 Å². The molecule has 1 aliphatic rings. The molecule has 27 heavy (non-hydrogen) atoms. The number of nitrogens with zero attached hydrogens (tertiary/aromatic N) is 2. The Balaban J connectivity index is 2.23. The minimum absolute atomic E-state index is 0.232. The molecule has 8 nitrogen and oxygen atoms in total. The fourth-order valence-electron chi connectivity index (χ4n) is 3.37. The quantitative estimate of drug-likeness (QED) is 0.770. The van der Waals surface area contributed by atoms with Crippen LogP contribution in [0.15, 0.2) is 18.3 Å². The van der Waals surface area contributed by atoms with Gasteiger partial charge in [-0.25, -0.2) is 4.79 Å². The van der Waals surface area contributed by atoms with Crippen LogP contribution in [0.1, 0.15) is 23.7 Å². The molecule has 0 amide bonds. The van der Waals surface area contributed by atoms with E-state index in [9.17, 15) is 14.7 Å². The predicted octanol–water partition coefficient (Wildman–Crippen LogP) is 2.34. The third-order valence-electron chi connectivity index (χ3n) is 4.69. The Kier molecular flexibility index (Phi) is 5.34. The number of anilines is 1. The molecule has 0 spiro atoms. The van der Waals surface area contributed by atoms with Gasteiger partial charge in [-0.1, -0.05) is 0 Å². The second-order valence-corrected chi connectivity index (χ2v) is 6.24. The second-order valence-electron chi connectivity index (χ2n) is 6.24. The first-order valence-electron chi connectivity index (χ1n) is 8.69. The minimum Gasteiger partial charge on any atom is -0.497 e. The number of rotatable bonds is 6. The van der Waals surface area contributed by atoms with Crippen LogP contribution >= 0.6 is 0 Å². The van der Waals surface area contributed by atoms with Gasteiger partial charge in [-0.2, -0.15) is 0 Å². The standard InChI is InChI=1S/C19H22N2O6/c1-4-27-19(24)14-9-20-16-13(7-12(25-2)8-15(16)26-3)17(14)21-6-5-11(10-21)18(22)23/h7-9,11H,4-6,10H2,1-3H3,(H,22,23). The fourth-order valence-corrected chi connectivity index (χ4v) is 3.37. The van der Waals surface area contributed by atoms with Crippen molar-refractivity contribution >= 4 is 28.5 Å². The lowest BCUT2D eigenvalue weighted by Crippen LogP contribution is -2.25. The summed E-state index contributed by atoms with van der Waals surface area (Å²) in [5, 5.41) is 10.0. The van der Waals surface area contributed by atoms with Crippen LogP contribution in [0.25, 0.3) is 10.9 Å². The molecule has 1 aromatic carbocycles. The Morgan fingerprint density at radius 1 is 1.30 bits per heavy atom. The zero-order valence-corrected chi connectivity index (χ0v) is 15.5. The number of aromatic nitrogens is 1. The number of methoxy groups -OCH3 is 2. The zero-order chi connectivity index (χ0) is 19.6. The maximum atomic E-state index is 12.5. The number of carboxylic acids is 1. The molecule has 1 aromatic heterocycles. The monoisotopic (exact) mass is 374 g/mol. The van der Waals surface area contributed by atoms with Gasteiger partial charge < -0.3 is 24.2 Å². The number of carboxylic acid groups (broad SMARTS) is 1. The molecule has 1 N–H and O–H groups in total. The number of esters is 1. The van der Waals surface area contributed by atoms with E-state index in [1.807, 2.05) is 4.90 Å². The fraction of sp³-hybridized carbons (Fsp3) is 0.421. The SMILES string of the molecule is CCOC(=O)c1cnc2c(OC)cc(OC)cc2c1N1CCC(C(=O)O)C1. The Labute approximate surface area is 156 Å². The van der Waals surface area contributed by atoms with Crippen LogP contribution in [0.3, 0.4) is 0 Å². The van der Waals surface area contributed by atoms with Crippen LogP contribution in [0.5, 0.6) is 11.5 Å². The topological polar surface area (TPSA) is 98.2 Å². The van der Waals surface area contributed by atoms with Crippen molar-refractivity contribution in [2.75, 3.05) is 38.8 Å². The van der Waals surface area contributed by atoms with Crippen LogP contribution < -0.4 is 14.4 Å². The van der Waals surface area contributed by atoms with E-state index in [0.717, 1.165) is 0 Å². The predicted molar refractivity (Wildman–Crippen MR) is 98.8 cm³/mol. The average molecular weight is 374 g/mol. The lowest BCUT2D eigenvalue weighted by Gasteiger charge is -2.23. The molecule has 0 bridgehead atoms. The molecule has 1 atom stereocenters. The van der Waals surface area contributed by atoms with Gasteiger partial charge in [0.25, 0.3) is 0 Å². The number of aliphatic carboxylic acids is 1. The van der Waals surface area contributed by atoms with Gasteiger partial charge >= 0.3 is 11.9 Å². The molecular weight excluding hydrogens is 352 g/mol. The van der Waals surface area contributed by atoms with E-state index < -0.39 is 17.9 Å². The van der Waals surface area contributed by atoms with Crippen molar-refractivity contribution in [1.82, 2.24) is 4.98 Å². The molecule has 1 aliphatic heterocycles. The zero-order valence-electron chi connectivity index (χ0n) is 15.5. The molecule has 0 aliphatic carbocycles. The highest BCUT2D eigenvalue weighted by atomic mass is 16.5. The highest BCUT2D eigenvalue weighted by Gasteiger charge is 2.32. The summed E-state index contributed by atoms with van der Waals surface area (Å²) in [4.78, 5) is 30.2. The summed E-state index contributed by atoms with van der Waals surface area (Å²) in [5.41, 5.74) is 1.46. The van der Waals surface area contributed by atoms with Gasteiger partial charge in [-0.05, 0) is 19.4 Å². The molecule has 1 unspecified atom stereocenters. The summed E-state index contributed by atoms with van der Waals surface area (Å²) in [6, 6.07) is 3.49. The number of fused-ring (bicyclic) bond motifs is 1. The Morgan fingerprint density at radius 2 is 2.07 bits per heavy atom. The Bertz CT molecular complexity index is 882. The van der Waals surface area contributed by atoms with Crippen LogP contribution in [0.4, 0.5) is 5.69 Å². The van der Waals surface area contributed by atoms with E-state index in [0.29, 0.717) is 53.2 Å². The molecule has 1 fully saturated rings. The summed E-state index contributed by atoms with van der Waals surface area (Å²) >= 11 is 0. The first-order valence-corrected chi connectivity index (χ1v) is 8.69. The van der Waals surface area contributed by atoms with Gasteiger partial charge in [0.15, 0.2) is 0 Å². The summed E-state index contributed by atoms with van der Waals surface area (Å²) < 4.78 is 16.0. The number of hydrogen-bond acceptors (Lipinski definition) is 7. The minimum atomic E-state index is -0.844. The first kappa shape index (κ1) is 18.8. The van der Waals surface area contributed by atoms with Gasteiger partial charge in [0.1, 0.15) is 22.6 Å². The number of carbonyl (C=O) groups excluding carboxylic acids is 1. The summed E-state index contributed by atoms with van der Waals surface area (Å²) in [6.45, 7) is 2.78. The van der Waals surface area contributed by atoms with Crippen molar-refractivity contribution in [3.05, 3.63) is 23.9 Å². The van der Waals surface area contributed by atoms with Gasteiger partial charge in [-0.3, -0.25) is 9.78 Å². The molecule has 1 saturated heterocycles. The Hall–Kier alpha value is -3.03. The Morgan fingerprint density at radius 3 is 2.67 bits per heavy atom. The summed E-state index contributed by atoms with van der Waals surface area (Å²) in [5.74, 6) is -0.769. The van der Waals surface area contributed by atoms with Crippen molar-refractivity contribution in [3.8, 4) is 11.5 Å². The van der Waals surface area contributed by atoms with E-state index in [2.05, 4.69) is 4.98 Å². The van der Waals surface area contributed by atoms with E-state index in [1.165, 1.54) is 13.3 Å². The average Bonchev–Trinajstić information content (AvgIpc) is 3.16. The molecule has 2 aromatic rings. The third-order valence-corrected chi connectivity index (χ3v) is 4.69. The maximum Gasteiger partial charge on any atom is 0.341 e. The highest BCUT2D eigenvalue weighted by molar-refractivity contribution is 6.07. The molecule has 144 valence electrons. The molecule has 2 heterocycles. The first-order chi connectivity index (χ1) is 13.0. The van der Waals surface area contributed by atoms with Crippen LogP contribution in [0.2, 0.25) is 0 Å². The highest BCUT2D eigenvalue weighted by Crippen LogP contribution is 2.39. The number of hydrogen-bond donors (Lipinski definition) is 1. The molecule has 0 radical (unpaired) electrons. The molecule has 3 rings (SSSR count). The normalized spacial score (nSPS) is 16.4. The largest absolute Gasteiger partial charge is 0.497 e. The van der Waals surface area contributed by atoms with Crippen LogP contribution in [-0.2, 0) is 9.53 Å². The molecule has 8 heteroatoms. The second kappa shape index (κ2) is 7.69. The lowest BCUT2D eigenvalue weighted by molar-refractivity contribution is -0.140. The van der Waals surface area contributed by atoms with Crippen molar-refractivity contribution in [1.29, 1.82) is 0 Å². The van der Waals surface area contributed by atoms with Crippen molar-refractivity contribution in [2.24, 2.45) is 5.92 Å². The summed E-state index contributed by atoms with van der Waals surface area (Å²) in [6.07, 6.45) is 1.96. The van der Waals surface area contributed by atoms with Gasteiger partial charge in [0, 0.05) is 30.7 Å². The number of benzene rings is 1. The van der Waals surface area contributed by atoms with Crippen LogP contribution in [-0.4, -0.2) is 55.9 Å². The molecular formula is C19H22N2O6. The summed E-state index contributed by atoms with van der Waals surface area (Å²) in [7, 11) is 3.07. The lowest BCUT2D eigenvalue weighted by atomic mass is 10.1. The van der Waals surface area contributed by atoms with E-state index in [4.69, 9.17) is 14.2 Å². The molecule has 0 saturated carbocycles. The van der Waals surface area contributed by atoms with E-state index in [1.54, 1.807) is 26.2 Å².